The van der Waals surface area contributed by atoms with Crippen molar-refractivity contribution in [2.45, 2.75) is 38.2 Å². The van der Waals surface area contributed by atoms with E-state index in [0.717, 1.165) is 0 Å². The molecule has 6 heteroatoms. The fourth-order valence-electron chi connectivity index (χ4n) is 1.45. The molecule has 0 N–H and O–H groups in total. The quantitative estimate of drug-likeness (QED) is 0.477. The third kappa shape index (κ3) is 12.8. The fraction of sp³-hybridized carbons (Fsp3) is 0.786. The summed E-state index contributed by atoms with van der Waals surface area (Å²) in [6.45, 7) is 2.31. The maximum Gasteiger partial charge on any atom is 0.0645 e. The van der Waals surface area contributed by atoms with E-state index in [2.05, 4.69) is 0 Å². The Bertz CT molecular complexity index is 317. The van der Waals surface area contributed by atoms with Crippen LogP contribution in [0.4, 0.5) is 0 Å². The van der Waals surface area contributed by atoms with Crippen LogP contribution in [0.5, 0.6) is 0 Å². The molecule has 0 radical (unpaired) electrons. The predicted octanol–water partition coefficient (Wildman–Crippen LogP) is 1.93. The molecule has 0 rings (SSSR count). The zero-order chi connectivity index (χ0) is 14.9. The maximum absolute atomic E-state index is 8.48. The van der Waals surface area contributed by atoms with Crippen LogP contribution >= 0.6 is 0 Å². The van der Waals surface area contributed by atoms with Gasteiger partial charge in [0, 0.05) is 13.2 Å². The molecule has 0 fully saturated rings. The Morgan fingerprint density at radius 2 is 1.10 bits per heavy atom. The Hall–Kier alpha value is -1.65. The van der Waals surface area contributed by atoms with Crippen LogP contribution < -0.4 is 0 Å². The van der Waals surface area contributed by atoms with Gasteiger partial charge in [0.05, 0.1) is 63.4 Å². The highest BCUT2D eigenvalue weighted by Gasteiger charge is 2.09. The van der Waals surface area contributed by atoms with Crippen molar-refractivity contribution in [3.8, 4) is 18.2 Å². The average molecular weight is 279 g/mol. The zero-order valence-electron chi connectivity index (χ0n) is 11.7. The van der Waals surface area contributed by atoms with Crippen LogP contribution in [0.25, 0.3) is 0 Å². The second-order valence-corrected chi connectivity index (χ2v) is 4.02. The van der Waals surface area contributed by atoms with E-state index in [0.29, 0.717) is 65.1 Å². The molecule has 110 valence electrons. The van der Waals surface area contributed by atoms with Crippen molar-refractivity contribution in [3.63, 3.8) is 0 Å². The van der Waals surface area contributed by atoms with E-state index < -0.39 is 0 Å². The standard InChI is InChI=1S/C14H21N3O3/c15-6-1-9-18-12-4-14(20-11-3-8-17)5-13-19-10-2-7-16/h14H,1-5,9-13H2. The third-order valence-electron chi connectivity index (χ3n) is 2.45. The van der Waals surface area contributed by atoms with Gasteiger partial charge in [0.1, 0.15) is 0 Å². The molecule has 6 nitrogen and oxygen atoms in total. The molecule has 0 aliphatic carbocycles. The van der Waals surface area contributed by atoms with Crippen molar-refractivity contribution < 1.29 is 14.2 Å². The second-order valence-electron chi connectivity index (χ2n) is 4.02. The molecule has 0 aliphatic heterocycles. The summed E-state index contributed by atoms with van der Waals surface area (Å²) in [5.41, 5.74) is 0. The maximum atomic E-state index is 8.48. The molecule has 0 aromatic carbocycles. The monoisotopic (exact) mass is 279 g/mol. The summed E-state index contributed by atoms with van der Waals surface area (Å²) in [4.78, 5) is 0. The lowest BCUT2D eigenvalue weighted by Crippen LogP contribution is -2.19. The van der Waals surface area contributed by atoms with Crippen molar-refractivity contribution in [1.82, 2.24) is 0 Å². The zero-order valence-corrected chi connectivity index (χ0v) is 11.7. The van der Waals surface area contributed by atoms with Gasteiger partial charge in [-0.25, -0.2) is 0 Å². The minimum Gasteiger partial charge on any atom is -0.380 e. The Morgan fingerprint density at radius 3 is 1.55 bits per heavy atom. The highest BCUT2D eigenvalue weighted by Crippen LogP contribution is 2.06. The first kappa shape index (κ1) is 18.4. The fourth-order valence-corrected chi connectivity index (χ4v) is 1.45. The van der Waals surface area contributed by atoms with Crippen LogP contribution in [0.2, 0.25) is 0 Å². The van der Waals surface area contributed by atoms with Gasteiger partial charge in [0.2, 0.25) is 0 Å². The SMILES string of the molecule is N#CCCOCCC(CCOCCC#N)OCCC#N. The Kier molecular flexibility index (Phi) is 14.1. The van der Waals surface area contributed by atoms with Gasteiger partial charge >= 0.3 is 0 Å². The van der Waals surface area contributed by atoms with Gasteiger partial charge < -0.3 is 14.2 Å². The summed E-state index contributed by atoms with van der Waals surface area (Å²) in [6.07, 6.45) is 2.53. The van der Waals surface area contributed by atoms with Crippen LogP contribution in [-0.2, 0) is 14.2 Å². The lowest BCUT2D eigenvalue weighted by Gasteiger charge is -2.17. The van der Waals surface area contributed by atoms with Crippen LogP contribution in [-0.4, -0.2) is 39.1 Å². The highest BCUT2D eigenvalue weighted by molar-refractivity contribution is 4.70. The molecular weight excluding hydrogens is 258 g/mol. The lowest BCUT2D eigenvalue weighted by atomic mass is 10.2. The van der Waals surface area contributed by atoms with Gasteiger partial charge in [-0.2, -0.15) is 15.8 Å². The number of nitriles is 3. The van der Waals surface area contributed by atoms with Crippen molar-refractivity contribution in [1.29, 1.82) is 15.8 Å². The van der Waals surface area contributed by atoms with Crippen molar-refractivity contribution in [2.75, 3.05) is 33.0 Å². The Morgan fingerprint density at radius 1 is 0.650 bits per heavy atom. The largest absolute Gasteiger partial charge is 0.380 e. The molecule has 0 spiro atoms. The number of hydrogen-bond acceptors (Lipinski definition) is 6. The first-order chi connectivity index (χ1) is 9.85. The van der Waals surface area contributed by atoms with E-state index in [-0.39, 0.29) is 6.10 Å². The second kappa shape index (κ2) is 15.4. The predicted molar refractivity (Wildman–Crippen MR) is 71.3 cm³/mol. The van der Waals surface area contributed by atoms with E-state index in [4.69, 9.17) is 30.0 Å². The molecule has 0 aromatic rings. The van der Waals surface area contributed by atoms with Gasteiger partial charge in [0.15, 0.2) is 0 Å². The molecule has 0 aromatic heterocycles. The molecule has 0 saturated carbocycles. The van der Waals surface area contributed by atoms with Crippen LogP contribution in [0.1, 0.15) is 32.1 Å². The van der Waals surface area contributed by atoms with Crippen LogP contribution in [0.3, 0.4) is 0 Å². The van der Waals surface area contributed by atoms with E-state index in [1.807, 2.05) is 18.2 Å². The van der Waals surface area contributed by atoms with E-state index in [9.17, 15) is 0 Å². The summed E-state index contributed by atoms with van der Waals surface area (Å²) in [6, 6.07) is 6.06. The van der Waals surface area contributed by atoms with Crippen molar-refractivity contribution in [2.24, 2.45) is 0 Å². The molecule has 0 aliphatic rings. The van der Waals surface area contributed by atoms with Gasteiger partial charge in [0.25, 0.3) is 0 Å². The third-order valence-corrected chi connectivity index (χ3v) is 2.45. The van der Waals surface area contributed by atoms with Crippen LogP contribution in [0, 0.1) is 34.0 Å². The van der Waals surface area contributed by atoms with Crippen molar-refractivity contribution >= 4 is 0 Å². The lowest BCUT2D eigenvalue weighted by molar-refractivity contribution is 0.00204. The molecule has 20 heavy (non-hydrogen) atoms. The topological polar surface area (TPSA) is 99.1 Å². The highest BCUT2D eigenvalue weighted by atomic mass is 16.5. The van der Waals surface area contributed by atoms with Crippen molar-refractivity contribution in [3.05, 3.63) is 0 Å². The first-order valence-electron chi connectivity index (χ1n) is 6.73. The molecule has 0 atom stereocenters. The molecule has 0 amide bonds. The normalized spacial score (nSPS) is 9.90. The first-order valence-corrected chi connectivity index (χ1v) is 6.73. The summed E-state index contributed by atoms with van der Waals surface area (Å²) in [7, 11) is 0. The molecule has 0 bridgehead atoms. The number of rotatable bonds is 13. The minimum atomic E-state index is -0.0208. The molecular formula is C14H21N3O3. The van der Waals surface area contributed by atoms with Crippen LogP contribution in [0.15, 0.2) is 0 Å². The Labute approximate surface area is 120 Å². The summed E-state index contributed by atoms with van der Waals surface area (Å²) in [5, 5.41) is 25.2. The summed E-state index contributed by atoms with van der Waals surface area (Å²) >= 11 is 0. The van der Waals surface area contributed by atoms with Gasteiger partial charge in [-0.1, -0.05) is 0 Å². The smallest absolute Gasteiger partial charge is 0.0645 e. The Balaban J connectivity index is 3.74. The summed E-state index contributed by atoms with van der Waals surface area (Å²) in [5.74, 6) is 0. The van der Waals surface area contributed by atoms with Gasteiger partial charge in [-0.15, -0.1) is 0 Å². The molecule has 0 unspecified atom stereocenters. The van der Waals surface area contributed by atoms with E-state index in [1.165, 1.54) is 0 Å². The molecule has 0 heterocycles. The van der Waals surface area contributed by atoms with Gasteiger partial charge in [-0.3, -0.25) is 0 Å². The number of ether oxygens (including phenoxy) is 3. The number of nitrogens with zero attached hydrogens (tertiary/aromatic N) is 3. The average Bonchev–Trinajstić information content (AvgIpc) is 2.46. The molecule has 0 saturated heterocycles. The minimum absolute atomic E-state index is 0.0208. The van der Waals surface area contributed by atoms with E-state index >= 15 is 0 Å². The number of hydrogen-bond donors (Lipinski definition) is 0. The summed E-state index contributed by atoms with van der Waals surface area (Å²) < 4.78 is 16.2. The van der Waals surface area contributed by atoms with E-state index in [1.54, 1.807) is 0 Å². The van der Waals surface area contributed by atoms with Gasteiger partial charge in [-0.05, 0) is 12.8 Å².